The standard InChI is InChI=1S/C13H15Cl2N3/c1-8-6-11(15)12(7-10(8)14)17-9(2)13-16-4-5-18(13)3/h4-7,9,17H,1-3H3. The fraction of sp³-hybridized carbons (Fsp3) is 0.308. The van der Waals surface area contributed by atoms with Gasteiger partial charge in [0.1, 0.15) is 5.82 Å². The minimum Gasteiger partial charge on any atom is -0.374 e. The first-order chi connectivity index (χ1) is 8.49. The zero-order valence-electron chi connectivity index (χ0n) is 10.5. The van der Waals surface area contributed by atoms with Crippen molar-refractivity contribution in [2.24, 2.45) is 7.05 Å². The normalized spacial score (nSPS) is 12.5. The Morgan fingerprint density at radius 2 is 2.00 bits per heavy atom. The Balaban J connectivity index is 2.24. The molecule has 0 aliphatic heterocycles. The SMILES string of the molecule is Cc1cc(Cl)c(NC(C)c2nccn2C)cc1Cl. The van der Waals surface area contributed by atoms with Crippen LogP contribution in [-0.2, 0) is 7.05 Å². The molecule has 18 heavy (non-hydrogen) atoms. The van der Waals surface area contributed by atoms with Crippen LogP contribution in [0.2, 0.25) is 10.0 Å². The van der Waals surface area contributed by atoms with E-state index in [2.05, 4.69) is 10.3 Å². The molecule has 1 atom stereocenters. The highest BCUT2D eigenvalue weighted by atomic mass is 35.5. The van der Waals surface area contributed by atoms with E-state index in [4.69, 9.17) is 23.2 Å². The molecule has 0 aliphatic carbocycles. The second kappa shape index (κ2) is 5.21. The maximum absolute atomic E-state index is 6.20. The van der Waals surface area contributed by atoms with E-state index in [1.54, 1.807) is 6.20 Å². The van der Waals surface area contributed by atoms with E-state index in [9.17, 15) is 0 Å². The highest BCUT2D eigenvalue weighted by Gasteiger charge is 2.12. The molecule has 2 rings (SSSR count). The molecule has 1 unspecified atom stereocenters. The summed E-state index contributed by atoms with van der Waals surface area (Å²) in [6.07, 6.45) is 3.69. The van der Waals surface area contributed by atoms with E-state index >= 15 is 0 Å². The molecule has 1 aromatic carbocycles. The molecule has 1 heterocycles. The first-order valence-corrected chi connectivity index (χ1v) is 6.44. The Labute approximate surface area is 117 Å². The number of imidazole rings is 1. The van der Waals surface area contributed by atoms with E-state index in [0.717, 1.165) is 17.1 Å². The van der Waals surface area contributed by atoms with E-state index < -0.39 is 0 Å². The lowest BCUT2D eigenvalue weighted by Gasteiger charge is -2.17. The monoisotopic (exact) mass is 283 g/mol. The number of aromatic nitrogens is 2. The van der Waals surface area contributed by atoms with E-state index in [1.165, 1.54) is 0 Å². The summed E-state index contributed by atoms with van der Waals surface area (Å²) in [4.78, 5) is 4.31. The fourth-order valence-corrected chi connectivity index (χ4v) is 2.29. The molecular weight excluding hydrogens is 269 g/mol. The summed E-state index contributed by atoms with van der Waals surface area (Å²) in [5, 5.41) is 4.69. The molecule has 0 radical (unpaired) electrons. The summed E-state index contributed by atoms with van der Waals surface area (Å²) in [5.74, 6) is 0.947. The zero-order chi connectivity index (χ0) is 13.3. The van der Waals surface area contributed by atoms with Crippen LogP contribution in [0, 0.1) is 6.92 Å². The molecule has 0 amide bonds. The van der Waals surface area contributed by atoms with Crippen LogP contribution in [0.15, 0.2) is 24.5 Å². The lowest BCUT2D eigenvalue weighted by atomic mass is 10.2. The van der Waals surface area contributed by atoms with Crippen LogP contribution in [0.5, 0.6) is 0 Å². The molecule has 0 saturated heterocycles. The molecular formula is C13H15Cl2N3. The van der Waals surface area contributed by atoms with Gasteiger partial charge in [0.05, 0.1) is 16.8 Å². The number of nitrogens with zero attached hydrogens (tertiary/aromatic N) is 2. The molecule has 2 aromatic rings. The molecule has 0 bridgehead atoms. The van der Waals surface area contributed by atoms with Gasteiger partial charge in [0.2, 0.25) is 0 Å². The summed E-state index contributed by atoms with van der Waals surface area (Å²) in [6.45, 7) is 3.96. The van der Waals surface area contributed by atoms with Crippen LogP contribution in [0.1, 0.15) is 24.4 Å². The summed E-state index contributed by atoms with van der Waals surface area (Å²) in [5.41, 5.74) is 1.79. The third kappa shape index (κ3) is 2.62. The summed E-state index contributed by atoms with van der Waals surface area (Å²) < 4.78 is 1.97. The lowest BCUT2D eigenvalue weighted by Crippen LogP contribution is -2.12. The second-order valence-electron chi connectivity index (χ2n) is 4.34. The number of hydrogen-bond donors (Lipinski definition) is 1. The van der Waals surface area contributed by atoms with Crippen LogP contribution in [0.25, 0.3) is 0 Å². The average Bonchev–Trinajstić information content (AvgIpc) is 2.72. The van der Waals surface area contributed by atoms with Crippen molar-refractivity contribution in [1.29, 1.82) is 0 Å². The minimum atomic E-state index is 0.0567. The van der Waals surface area contributed by atoms with Gasteiger partial charge in [-0.25, -0.2) is 4.98 Å². The van der Waals surface area contributed by atoms with Gasteiger partial charge in [-0.1, -0.05) is 23.2 Å². The third-order valence-corrected chi connectivity index (χ3v) is 3.59. The Hall–Kier alpha value is -1.19. The highest BCUT2D eigenvalue weighted by molar-refractivity contribution is 6.35. The number of anilines is 1. The van der Waals surface area contributed by atoms with Crippen molar-refractivity contribution in [3.8, 4) is 0 Å². The molecule has 0 aliphatic rings. The highest BCUT2D eigenvalue weighted by Crippen LogP contribution is 2.31. The second-order valence-corrected chi connectivity index (χ2v) is 5.16. The van der Waals surface area contributed by atoms with E-state index in [-0.39, 0.29) is 6.04 Å². The summed E-state index contributed by atoms with van der Waals surface area (Å²) in [7, 11) is 1.96. The fourth-order valence-electron chi connectivity index (χ4n) is 1.85. The zero-order valence-corrected chi connectivity index (χ0v) is 12.0. The van der Waals surface area contributed by atoms with Crippen LogP contribution >= 0.6 is 23.2 Å². The van der Waals surface area contributed by atoms with E-state index in [0.29, 0.717) is 10.0 Å². The summed E-state index contributed by atoms with van der Waals surface area (Å²) in [6, 6.07) is 3.76. The third-order valence-electron chi connectivity index (χ3n) is 2.87. The number of rotatable bonds is 3. The molecule has 5 heteroatoms. The van der Waals surface area contributed by atoms with Gasteiger partial charge >= 0.3 is 0 Å². The van der Waals surface area contributed by atoms with Gasteiger partial charge in [-0.15, -0.1) is 0 Å². The van der Waals surface area contributed by atoms with Crippen molar-refractivity contribution in [3.63, 3.8) is 0 Å². The molecule has 0 fully saturated rings. The Bertz CT molecular complexity index is 563. The van der Waals surface area contributed by atoms with Crippen molar-refractivity contribution >= 4 is 28.9 Å². The van der Waals surface area contributed by atoms with Crippen molar-refractivity contribution in [3.05, 3.63) is 46.0 Å². The van der Waals surface area contributed by atoms with Gasteiger partial charge in [-0.2, -0.15) is 0 Å². The Kier molecular flexibility index (Phi) is 3.83. The molecule has 0 saturated carbocycles. The van der Waals surface area contributed by atoms with Crippen LogP contribution in [-0.4, -0.2) is 9.55 Å². The van der Waals surface area contributed by atoms with Gasteiger partial charge in [0, 0.05) is 24.5 Å². The predicted octanol–water partition coefficient (Wildman–Crippen LogP) is 4.21. The van der Waals surface area contributed by atoms with E-state index in [1.807, 2.05) is 43.8 Å². The molecule has 96 valence electrons. The Morgan fingerprint density at radius 1 is 1.28 bits per heavy atom. The predicted molar refractivity (Wildman–Crippen MR) is 76.4 cm³/mol. The van der Waals surface area contributed by atoms with Crippen molar-refractivity contribution in [2.75, 3.05) is 5.32 Å². The minimum absolute atomic E-state index is 0.0567. The van der Waals surface area contributed by atoms with Crippen molar-refractivity contribution < 1.29 is 0 Å². The van der Waals surface area contributed by atoms with Crippen LogP contribution < -0.4 is 5.32 Å². The number of halogens is 2. The molecule has 1 N–H and O–H groups in total. The average molecular weight is 284 g/mol. The first kappa shape index (κ1) is 13.2. The summed E-state index contributed by atoms with van der Waals surface area (Å²) >= 11 is 12.3. The first-order valence-electron chi connectivity index (χ1n) is 5.68. The van der Waals surface area contributed by atoms with Crippen molar-refractivity contribution in [2.45, 2.75) is 19.9 Å². The van der Waals surface area contributed by atoms with Gasteiger partial charge in [-0.05, 0) is 31.5 Å². The van der Waals surface area contributed by atoms with Gasteiger partial charge < -0.3 is 9.88 Å². The van der Waals surface area contributed by atoms with Crippen molar-refractivity contribution in [1.82, 2.24) is 9.55 Å². The van der Waals surface area contributed by atoms with Gasteiger partial charge in [0.25, 0.3) is 0 Å². The van der Waals surface area contributed by atoms with Gasteiger partial charge in [-0.3, -0.25) is 0 Å². The Morgan fingerprint density at radius 3 is 2.61 bits per heavy atom. The quantitative estimate of drug-likeness (QED) is 0.915. The molecule has 3 nitrogen and oxygen atoms in total. The molecule has 0 spiro atoms. The lowest BCUT2D eigenvalue weighted by molar-refractivity contribution is 0.722. The number of benzene rings is 1. The number of nitrogens with one attached hydrogen (secondary N) is 1. The number of hydrogen-bond acceptors (Lipinski definition) is 2. The maximum Gasteiger partial charge on any atom is 0.130 e. The van der Waals surface area contributed by atoms with Crippen LogP contribution in [0.4, 0.5) is 5.69 Å². The smallest absolute Gasteiger partial charge is 0.130 e. The molecule has 1 aromatic heterocycles. The topological polar surface area (TPSA) is 29.9 Å². The van der Waals surface area contributed by atoms with Gasteiger partial charge in [0.15, 0.2) is 0 Å². The maximum atomic E-state index is 6.20. The van der Waals surface area contributed by atoms with Crippen LogP contribution in [0.3, 0.4) is 0 Å². The number of aryl methyl sites for hydroxylation is 2. The largest absolute Gasteiger partial charge is 0.374 e.